The van der Waals surface area contributed by atoms with E-state index < -0.39 is 5.97 Å². The van der Waals surface area contributed by atoms with Gasteiger partial charge >= 0.3 is 5.97 Å². The van der Waals surface area contributed by atoms with Crippen LogP contribution in [0.1, 0.15) is 27.2 Å². The minimum atomic E-state index is -0.947. The zero-order chi connectivity index (χ0) is 20.0. The third kappa shape index (κ3) is 5.50. The van der Waals surface area contributed by atoms with Gasteiger partial charge in [-0.1, -0.05) is 60.7 Å². The van der Waals surface area contributed by atoms with Gasteiger partial charge in [-0.15, -0.1) is 0 Å². The standard InChI is InChI=1S/C18H17NO3.C4H5Cl/c1-11-3-6-13(7-4-11)22-10-16-17(18(20)21)14-8-5-12(2)9-15(14)19-16;1-3-4(2)5/h3-9,19H,10H2,1-2H3,(H,20,21);3H,1-2H2. The van der Waals surface area contributed by atoms with Crippen molar-refractivity contribution in [2.24, 2.45) is 0 Å². The van der Waals surface area contributed by atoms with Crippen LogP contribution in [-0.2, 0) is 6.61 Å². The summed E-state index contributed by atoms with van der Waals surface area (Å²) in [6.07, 6.45) is 1.49. The van der Waals surface area contributed by atoms with Crippen LogP contribution in [0.15, 0.2) is 66.7 Å². The highest BCUT2D eigenvalue weighted by Gasteiger charge is 2.18. The number of halogens is 1. The molecule has 0 radical (unpaired) electrons. The highest BCUT2D eigenvalue weighted by atomic mass is 35.5. The number of aromatic nitrogens is 1. The molecule has 2 aromatic carbocycles. The molecule has 0 unspecified atom stereocenters. The van der Waals surface area contributed by atoms with Gasteiger partial charge in [-0.05, 0) is 37.6 Å². The Morgan fingerprint density at radius 2 is 1.78 bits per heavy atom. The average Bonchev–Trinajstić information content (AvgIpc) is 2.99. The van der Waals surface area contributed by atoms with Crippen molar-refractivity contribution in [1.82, 2.24) is 4.98 Å². The molecule has 0 atom stereocenters. The fraction of sp³-hybridized carbons (Fsp3) is 0.136. The second kappa shape index (κ2) is 9.10. The minimum absolute atomic E-state index is 0.193. The van der Waals surface area contributed by atoms with Gasteiger partial charge in [0.2, 0.25) is 0 Å². The quantitative estimate of drug-likeness (QED) is 0.532. The summed E-state index contributed by atoms with van der Waals surface area (Å²) in [7, 11) is 0. The lowest BCUT2D eigenvalue weighted by Gasteiger charge is -2.06. The van der Waals surface area contributed by atoms with E-state index in [1.807, 2.05) is 56.3 Å². The summed E-state index contributed by atoms with van der Waals surface area (Å²) in [6.45, 7) is 10.8. The number of benzene rings is 2. The van der Waals surface area contributed by atoms with Crippen LogP contribution in [-0.4, -0.2) is 16.1 Å². The van der Waals surface area contributed by atoms with E-state index in [2.05, 4.69) is 18.1 Å². The predicted octanol–water partition coefficient (Wildman–Crippen LogP) is 5.99. The lowest BCUT2D eigenvalue weighted by molar-refractivity contribution is 0.0696. The Morgan fingerprint density at radius 3 is 2.33 bits per heavy atom. The van der Waals surface area contributed by atoms with Crippen LogP contribution in [0, 0.1) is 13.8 Å². The van der Waals surface area contributed by atoms with E-state index in [4.69, 9.17) is 16.3 Å². The SMILES string of the molecule is C=CC(=C)Cl.Cc1ccc(OCc2[nH]c3cc(C)ccc3c2C(=O)O)cc1. The van der Waals surface area contributed by atoms with Gasteiger partial charge in [-0.25, -0.2) is 4.79 Å². The minimum Gasteiger partial charge on any atom is -0.487 e. The Morgan fingerprint density at radius 1 is 1.19 bits per heavy atom. The average molecular weight is 384 g/mol. The first kappa shape index (κ1) is 20.3. The van der Waals surface area contributed by atoms with Crippen molar-refractivity contribution in [3.8, 4) is 5.75 Å². The third-order valence-electron chi connectivity index (χ3n) is 3.87. The first-order valence-electron chi connectivity index (χ1n) is 8.32. The number of aryl methyl sites for hydroxylation is 2. The lowest BCUT2D eigenvalue weighted by Crippen LogP contribution is -2.04. The predicted molar refractivity (Wildman–Crippen MR) is 111 cm³/mol. The van der Waals surface area contributed by atoms with Crippen molar-refractivity contribution >= 4 is 28.5 Å². The van der Waals surface area contributed by atoms with Gasteiger partial charge in [0, 0.05) is 15.9 Å². The second-order valence-corrected chi connectivity index (χ2v) is 6.57. The number of carbonyl (C=O) groups is 1. The molecule has 4 nitrogen and oxygen atoms in total. The maximum absolute atomic E-state index is 11.6. The largest absolute Gasteiger partial charge is 0.487 e. The van der Waals surface area contributed by atoms with Crippen LogP contribution < -0.4 is 4.74 Å². The summed E-state index contributed by atoms with van der Waals surface area (Å²) in [5, 5.41) is 10.7. The summed E-state index contributed by atoms with van der Waals surface area (Å²) in [6, 6.07) is 13.4. The van der Waals surface area contributed by atoms with Gasteiger partial charge in [0.15, 0.2) is 0 Å². The zero-order valence-corrected chi connectivity index (χ0v) is 16.1. The van der Waals surface area contributed by atoms with Crippen LogP contribution in [0.4, 0.5) is 0 Å². The monoisotopic (exact) mass is 383 g/mol. The number of rotatable bonds is 5. The number of carboxylic acids is 1. The van der Waals surface area contributed by atoms with Crippen molar-refractivity contribution in [2.45, 2.75) is 20.5 Å². The van der Waals surface area contributed by atoms with Gasteiger partial charge in [-0.2, -0.15) is 0 Å². The molecular formula is C22H22ClNO3. The Labute approximate surface area is 163 Å². The van der Waals surface area contributed by atoms with Crippen molar-refractivity contribution in [3.63, 3.8) is 0 Å². The maximum atomic E-state index is 11.6. The van der Waals surface area contributed by atoms with Gasteiger partial charge in [0.1, 0.15) is 12.4 Å². The van der Waals surface area contributed by atoms with Crippen LogP contribution in [0.2, 0.25) is 0 Å². The van der Waals surface area contributed by atoms with E-state index in [0.29, 0.717) is 16.1 Å². The smallest absolute Gasteiger partial charge is 0.338 e. The Balaban J connectivity index is 0.000000465. The van der Waals surface area contributed by atoms with E-state index in [9.17, 15) is 9.90 Å². The highest BCUT2D eigenvalue weighted by molar-refractivity contribution is 6.30. The number of hydrogen-bond acceptors (Lipinski definition) is 2. The first-order chi connectivity index (χ1) is 12.8. The van der Waals surface area contributed by atoms with E-state index in [-0.39, 0.29) is 12.2 Å². The molecule has 5 heteroatoms. The molecule has 2 N–H and O–H groups in total. The van der Waals surface area contributed by atoms with E-state index in [0.717, 1.165) is 22.4 Å². The first-order valence-corrected chi connectivity index (χ1v) is 8.70. The third-order valence-corrected chi connectivity index (χ3v) is 4.03. The van der Waals surface area contributed by atoms with Crippen molar-refractivity contribution in [2.75, 3.05) is 0 Å². The maximum Gasteiger partial charge on any atom is 0.338 e. The molecule has 0 amide bonds. The van der Waals surface area contributed by atoms with Crippen molar-refractivity contribution in [1.29, 1.82) is 0 Å². The number of ether oxygens (including phenoxy) is 1. The van der Waals surface area contributed by atoms with E-state index >= 15 is 0 Å². The summed E-state index contributed by atoms with van der Waals surface area (Å²) in [5.41, 5.74) is 3.91. The molecule has 3 rings (SSSR count). The normalized spacial score (nSPS) is 10.0. The Bertz CT molecular complexity index is 971. The lowest BCUT2D eigenvalue weighted by atomic mass is 10.1. The molecule has 0 saturated heterocycles. The number of aromatic amines is 1. The van der Waals surface area contributed by atoms with Gasteiger partial charge in [0.05, 0.1) is 11.3 Å². The number of fused-ring (bicyclic) bond motifs is 1. The van der Waals surface area contributed by atoms with Crippen LogP contribution in [0.25, 0.3) is 10.9 Å². The topological polar surface area (TPSA) is 62.3 Å². The number of aromatic carboxylic acids is 1. The van der Waals surface area contributed by atoms with E-state index in [1.165, 1.54) is 6.08 Å². The Kier molecular flexibility index (Phi) is 6.85. The number of nitrogens with one attached hydrogen (secondary N) is 1. The molecule has 0 spiro atoms. The fourth-order valence-electron chi connectivity index (χ4n) is 2.51. The van der Waals surface area contributed by atoms with Crippen LogP contribution in [0.5, 0.6) is 5.75 Å². The molecule has 1 aromatic heterocycles. The molecule has 0 aliphatic heterocycles. The number of hydrogen-bond donors (Lipinski definition) is 2. The number of carboxylic acid groups (broad SMARTS) is 1. The molecule has 27 heavy (non-hydrogen) atoms. The zero-order valence-electron chi connectivity index (χ0n) is 15.4. The Hall–Kier alpha value is -2.98. The second-order valence-electron chi connectivity index (χ2n) is 6.09. The highest BCUT2D eigenvalue weighted by Crippen LogP contribution is 2.25. The summed E-state index contributed by atoms with van der Waals surface area (Å²) < 4.78 is 5.70. The summed E-state index contributed by atoms with van der Waals surface area (Å²) in [5.74, 6) is -0.227. The molecule has 0 saturated carbocycles. The molecule has 3 aromatic rings. The number of H-pyrrole nitrogens is 1. The van der Waals surface area contributed by atoms with Crippen LogP contribution in [0.3, 0.4) is 0 Å². The molecule has 0 aliphatic carbocycles. The number of allylic oxidation sites excluding steroid dienone is 2. The molecule has 0 bridgehead atoms. The van der Waals surface area contributed by atoms with Crippen molar-refractivity contribution in [3.05, 3.63) is 89.1 Å². The van der Waals surface area contributed by atoms with Gasteiger partial charge < -0.3 is 14.8 Å². The molecule has 0 fully saturated rings. The molecule has 0 aliphatic rings. The summed E-state index contributed by atoms with van der Waals surface area (Å²) in [4.78, 5) is 14.7. The molecule has 1 heterocycles. The fourth-order valence-corrected chi connectivity index (χ4v) is 2.51. The van der Waals surface area contributed by atoms with Gasteiger partial charge in [0.25, 0.3) is 0 Å². The summed E-state index contributed by atoms with van der Waals surface area (Å²) >= 11 is 5.15. The van der Waals surface area contributed by atoms with Crippen LogP contribution >= 0.6 is 11.6 Å². The van der Waals surface area contributed by atoms with Crippen molar-refractivity contribution < 1.29 is 14.6 Å². The van der Waals surface area contributed by atoms with E-state index in [1.54, 1.807) is 0 Å². The molecular weight excluding hydrogens is 362 g/mol. The van der Waals surface area contributed by atoms with Gasteiger partial charge in [-0.3, -0.25) is 0 Å². The molecule has 140 valence electrons.